The molecular weight excluding hydrogens is 334 g/mol. The van der Waals surface area contributed by atoms with Crippen molar-refractivity contribution in [3.63, 3.8) is 0 Å². The summed E-state index contributed by atoms with van der Waals surface area (Å²) in [6, 6.07) is 10.1. The number of aromatic hydroxyl groups is 1. The maximum Gasteiger partial charge on any atom is 0.146 e. The molecular formula is C23H29N3O. The first kappa shape index (κ1) is 19.2. The molecule has 3 rings (SSSR count). The van der Waals surface area contributed by atoms with E-state index >= 15 is 0 Å². The molecule has 0 aliphatic rings. The number of rotatable bonds is 5. The molecule has 1 heterocycles. The van der Waals surface area contributed by atoms with Gasteiger partial charge in [0.05, 0.1) is 0 Å². The Morgan fingerprint density at radius 1 is 1.22 bits per heavy atom. The van der Waals surface area contributed by atoms with Crippen LogP contribution in [0.25, 0.3) is 16.7 Å². The van der Waals surface area contributed by atoms with Crippen LogP contribution in [0.2, 0.25) is 0 Å². The fourth-order valence-electron chi connectivity index (χ4n) is 3.31. The maximum atomic E-state index is 11.0. The van der Waals surface area contributed by atoms with Crippen molar-refractivity contribution in [1.82, 2.24) is 15.0 Å². The monoisotopic (exact) mass is 363 g/mol. The smallest absolute Gasteiger partial charge is 0.146 e. The minimum Gasteiger partial charge on any atom is -0.505 e. The van der Waals surface area contributed by atoms with Crippen LogP contribution in [0, 0.1) is 0 Å². The first-order chi connectivity index (χ1) is 12.8. The SMILES string of the molecule is C=CCc1cccc2nn(-c3cc(C(C)CC)cc(C(C)(C)C)c3O)nc12. The van der Waals surface area contributed by atoms with E-state index < -0.39 is 0 Å². The Hall–Kier alpha value is -2.62. The molecule has 0 bridgehead atoms. The van der Waals surface area contributed by atoms with Gasteiger partial charge < -0.3 is 5.11 Å². The lowest BCUT2D eigenvalue weighted by Gasteiger charge is -2.24. The molecule has 0 amide bonds. The van der Waals surface area contributed by atoms with Crippen molar-refractivity contribution in [2.24, 2.45) is 0 Å². The standard InChI is InChI=1S/C23H29N3O/c1-7-10-16-11-9-12-19-21(16)25-26(24-19)20-14-17(15(3)8-2)13-18(22(20)27)23(4,5)6/h7,9,11-15,27H,1,8,10H2,2-6H3. The molecule has 1 atom stereocenters. The first-order valence-corrected chi connectivity index (χ1v) is 9.59. The van der Waals surface area contributed by atoms with Gasteiger partial charge in [0.1, 0.15) is 22.5 Å². The second-order valence-electron chi connectivity index (χ2n) is 8.26. The van der Waals surface area contributed by atoms with Crippen molar-refractivity contribution in [2.45, 2.75) is 58.8 Å². The largest absolute Gasteiger partial charge is 0.505 e. The van der Waals surface area contributed by atoms with E-state index in [1.807, 2.05) is 30.3 Å². The zero-order chi connectivity index (χ0) is 19.8. The molecule has 4 nitrogen and oxygen atoms in total. The van der Waals surface area contributed by atoms with Gasteiger partial charge in [-0.15, -0.1) is 21.6 Å². The van der Waals surface area contributed by atoms with Crippen molar-refractivity contribution in [1.29, 1.82) is 0 Å². The molecule has 2 aromatic carbocycles. The lowest BCUT2D eigenvalue weighted by molar-refractivity contribution is 0.439. The summed E-state index contributed by atoms with van der Waals surface area (Å²) in [7, 11) is 0. The van der Waals surface area contributed by atoms with Gasteiger partial charge in [0, 0.05) is 5.56 Å². The molecule has 0 saturated heterocycles. The van der Waals surface area contributed by atoms with E-state index in [0.717, 1.165) is 35.0 Å². The molecule has 0 aliphatic carbocycles. The van der Waals surface area contributed by atoms with E-state index in [1.54, 1.807) is 4.80 Å². The van der Waals surface area contributed by atoms with Crippen molar-refractivity contribution in [3.05, 3.63) is 59.7 Å². The average molecular weight is 364 g/mol. The highest BCUT2D eigenvalue weighted by Crippen LogP contribution is 2.38. The Kier molecular flexibility index (Phi) is 5.09. The van der Waals surface area contributed by atoms with Crippen molar-refractivity contribution in [3.8, 4) is 11.4 Å². The molecule has 1 aromatic heterocycles. The van der Waals surface area contributed by atoms with Gasteiger partial charge in [0.25, 0.3) is 0 Å². The highest BCUT2D eigenvalue weighted by molar-refractivity contribution is 5.78. The number of fused-ring (bicyclic) bond motifs is 1. The summed E-state index contributed by atoms with van der Waals surface area (Å²) in [5.41, 5.74) is 5.33. The van der Waals surface area contributed by atoms with Gasteiger partial charge in [-0.3, -0.25) is 0 Å². The summed E-state index contributed by atoms with van der Waals surface area (Å²) in [4.78, 5) is 1.58. The molecule has 142 valence electrons. The normalized spacial score (nSPS) is 13.1. The third kappa shape index (κ3) is 3.61. The van der Waals surface area contributed by atoms with Crippen LogP contribution >= 0.6 is 0 Å². The van der Waals surface area contributed by atoms with Crippen LogP contribution in [-0.2, 0) is 11.8 Å². The Balaban J connectivity index is 2.25. The molecule has 27 heavy (non-hydrogen) atoms. The summed E-state index contributed by atoms with van der Waals surface area (Å²) in [5, 5.41) is 20.4. The Morgan fingerprint density at radius 3 is 2.59 bits per heavy atom. The second kappa shape index (κ2) is 7.18. The quantitative estimate of drug-likeness (QED) is 0.595. The lowest BCUT2D eigenvalue weighted by atomic mass is 9.83. The predicted octanol–water partition coefficient (Wildman–Crippen LogP) is 5.67. The summed E-state index contributed by atoms with van der Waals surface area (Å²) in [6.45, 7) is 14.5. The van der Waals surface area contributed by atoms with Gasteiger partial charge in [-0.05, 0) is 47.4 Å². The van der Waals surface area contributed by atoms with Crippen molar-refractivity contribution < 1.29 is 5.11 Å². The summed E-state index contributed by atoms with van der Waals surface area (Å²) in [6.07, 6.45) is 3.64. The van der Waals surface area contributed by atoms with Gasteiger partial charge in [0.15, 0.2) is 0 Å². The van der Waals surface area contributed by atoms with E-state index in [0.29, 0.717) is 11.6 Å². The number of nitrogens with zero attached hydrogens (tertiary/aromatic N) is 3. The molecule has 0 saturated carbocycles. The third-order valence-corrected chi connectivity index (χ3v) is 5.18. The van der Waals surface area contributed by atoms with Gasteiger partial charge in [-0.25, -0.2) is 0 Å². The highest BCUT2D eigenvalue weighted by Gasteiger charge is 2.24. The van der Waals surface area contributed by atoms with Crippen LogP contribution in [0.4, 0.5) is 0 Å². The lowest BCUT2D eigenvalue weighted by Crippen LogP contribution is -2.14. The predicted molar refractivity (Wildman–Crippen MR) is 112 cm³/mol. The second-order valence-corrected chi connectivity index (χ2v) is 8.26. The van der Waals surface area contributed by atoms with Gasteiger partial charge in [-0.2, -0.15) is 0 Å². The minimum atomic E-state index is -0.178. The van der Waals surface area contributed by atoms with Crippen LogP contribution in [0.15, 0.2) is 43.0 Å². The highest BCUT2D eigenvalue weighted by atomic mass is 16.3. The minimum absolute atomic E-state index is 0.178. The Bertz CT molecular complexity index is 979. The zero-order valence-electron chi connectivity index (χ0n) is 17.0. The Morgan fingerprint density at radius 2 is 1.96 bits per heavy atom. The maximum absolute atomic E-state index is 11.0. The number of phenols is 1. The van der Waals surface area contributed by atoms with E-state index in [2.05, 4.69) is 52.4 Å². The van der Waals surface area contributed by atoms with E-state index in [-0.39, 0.29) is 11.2 Å². The molecule has 1 unspecified atom stereocenters. The third-order valence-electron chi connectivity index (χ3n) is 5.18. The number of hydrogen-bond acceptors (Lipinski definition) is 3. The number of hydrogen-bond donors (Lipinski definition) is 1. The first-order valence-electron chi connectivity index (χ1n) is 9.59. The summed E-state index contributed by atoms with van der Waals surface area (Å²) >= 11 is 0. The number of benzene rings is 2. The van der Waals surface area contributed by atoms with Crippen LogP contribution in [0.1, 0.15) is 63.6 Å². The fourth-order valence-corrected chi connectivity index (χ4v) is 3.31. The molecule has 3 aromatic rings. The van der Waals surface area contributed by atoms with E-state index in [9.17, 15) is 5.11 Å². The zero-order valence-corrected chi connectivity index (χ0v) is 17.0. The summed E-state index contributed by atoms with van der Waals surface area (Å²) < 4.78 is 0. The average Bonchev–Trinajstić information content (AvgIpc) is 3.05. The fraction of sp³-hybridized carbons (Fsp3) is 0.391. The van der Waals surface area contributed by atoms with E-state index in [4.69, 9.17) is 5.10 Å². The number of phenolic OH excluding ortho intramolecular Hbond substituents is 1. The van der Waals surface area contributed by atoms with Crippen LogP contribution in [0.3, 0.4) is 0 Å². The molecule has 0 aliphatic heterocycles. The van der Waals surface area contributed by atoms with Gasteiger partial charge in [-0.1, -0.05) is 58.9 Å². The molecule has 0 fully saturated rings. The van der Waals surface area contributed by atoms with E-state index in [1.165, 1.54) is 5.56 Å². The van der Waals surface area contributed by atoms with Crippen molar-refractivity contribution in [2.75, 3.05) is 0 Å². The van der Waals surface area contributed by atoms with Crippen LogP contribution in [0.5, 0.6) is 5.75 Å². The molecule has 0 radical (unpaired) electrons. The van der Waals surface area contributed by atoms with Gasteiger partial charge >= 0.3 is 0 Å². The topological polar surface area (TPSA) is 50.9 Å². The summed E-state index contributed by atoms with van der Waals surface area (Å²) in [5.74, 6) is 0.645. The van der Waals surface area contributed by atoms with Crippen LogP contribution < -0.4 is 0 Å². The van der Waals surface area contributed by atoms with Crippen LogP contribution in [-0.4, -0.2) is 20.1 Å². The molecule has 0 spiro atoms. The molecule has 1 N–H and O–H groups in total. The van der Waals surface area contributed by atoms with Crippen molar-refractivity contribution >= 4 is 11.0 Å². The number of aromatic nitrogens is 3. The van der Waals surface area contributed by atoms with Gasteiger partial charge in [0.2, 0.25) is 0 Å². The number of allylic oxidation sites excluding steroid dienone is 1. The molecule has 4 heteroatoms. The Labute approximate surface area is 161 Å².